The fourth-order valence-corrected chi connectivity index (χ4v) is 1.78. The zero-order valence-corrected chi connectivity index (χ0v) is 10.2. The molecule has 0 saturated heterocycles. The van der Waals surface area contributed by atoms with Crippen molar-refractivity contribution in [3.8, 4) is 0 Å². The minimum atomic E-state index is -0.114. The summed E-state index contributed by atoms with van der Waals surface area (Å²) in [6, 6.07) is 5.33. The van der Waals surface area contributed by atoms with Crippen LogP contribution in [0.2, 0.25) is 0 Å². The van der Waals surface area contributed by atoms with E-state index in [2.05, 4.69) is 15.3 Å². The third-order valence-electron chi connectivity index (χ3n) is 2.56. The van der Waals surface area contributed by atoms with E-state index in [4.69, 9.17) is 5.73 Å². The Morgan fingerprint density at radius 1 is 1.44 bits per heavy atom. The first-order valence-corrected chi connectivity index (χ1v) is 5.79. The van der Waals surface area contributed by atoms with Crippen molar-refractivity contribution >= 4 is 11.6 Å². The number of nitrogens with one attached hydrogen (secondary N) is 2. The second-order valence-electron chi connectivity index (χ2n) is 4.17. The zero-order valence-electron chi connectivity index (χ0n) is 10.2. The molecule has 0 saturated carbocycles. The number of imidazole rings is 1. The van der Waals surface area contributed by atoms with Gasteiger partial charge in [0.15, 0.2) is 0 Å². The normalized spacial score (nSPS) is 10.3. The van der Waals surface area contributed by atoms with Crippen molar-refractivity contribution in [2.45, 2.75) is 13.3 Å². The summed E-state index contributed by atoms with van der Waals surface area (Å²) in [7, 11) is 0. The molecule has 0 radical (unpaired) electrons. The fraction of sp³-hybridized carbons (Fsp3) is 0.231. The number of benzene rings is 1. The summed E-state index contributed by atoms with van der Waals surface area (Å²) in [6.45, 7) is 2.45. The van der Waals surface area contributed by atoms with Gasteiger partial charge in [0, 0.05) is 36.6 Å². The summed E-state index contributed by atoms with van der Waals surface area (Å²) in [6.07, 6.45) is 4.14. The van der Waals surface area contributed by atoms with Crippen molar-refractivity contribution in [2.24, 2.45) is 0 Å². The average Bonchev–Trinajstić information content (AvgIpc) is 2.80. The van der Waals surface area contributed by atoms with Crippen molar-refractivity contribution in [1.82, 2.24) is 15.3 Å². The molecule has 5 nitrogen and oxygen atoms in total. The number of aryl methyl sites for hydroxylation is 1. The van der Waals surface area contributed by atoms with Crippen LogP contribution in [0.5, 0.6) is 0 Å². The molecular formula is C13H16N4O. The third kappa shape index (κ3) is 3.10. The largest absolute Gasteiger partial charge is 0.399 e. The number of hydrogen-bond acceptors (Lipinski definition) is 3. The van der Waals surface area contributed by atoms with Crippen LogP contribution >= 0.6 is 0 Å². The number of carbonyl (C=O) groups is 1. The van der Waals surface area contributed by atoms with Gasteiger partial charge in [-0.25, -0.2) is 4.98 Å². The van der Waals surface area contributed by atoms with Gasteiger partial charge in [0.05, 0.1) is 0 Å². The number of carbonyl (C=O) groups excluding carboxylic acids is 1. The van der Waals surface area contributed by atoms with E-state index >= 15 is 0 Å². The quantitative estimate of drug-likeness (QED) is 0.708. The van der Waals surface area contributed by atoms with Crippen LogP contribution < -0.4 is 11.1 Å². The maximum atomic E-state index is 11.9. The Labute approximate surface area is 105 Å². The SMILES string of the molecule is Cc1cc(N)cc(C(=O)NCCc2ncc[nH]2)c1. The molecule has 2 aromatic rings. The number of nitrogen functional groups attached to an aromatic ring is 1. The van der Waals surface area contributed by atoms with E-state index in [0.29, 0.717) is 24.2 Å². The standard InChI is InChI=1S/C13H16N4O/c1-9-6-10(8-11(14)7-9)13(18)17-3-2-12-15-4-5-16-12/h4-8H,2-3,14H2,1H3,(H,15,16)(H,17,18). The molecule has 5 heteroatoms. The van der Waals surface area contributed by atoms with Gasteiger partial charge in [-0.05, 0) is 30.7 Å². The summed E-state index contributed by atoms with van der Waals surface area (Å²) < 4.78 is 0. The Kier molecular flexibility index (Phi) is 3.62. The molecule has 0 aliphatic carbocycles. The number of hydrogen-bond donors (Lipinski definition) is 3. The first-order chi connectivity index (χ1) is 8.65. The topological polar surface area (TPSA) is 83.8 Å². The first-order valence-electron chi connectivity index (χ1n) is 5.79. The fourth-order valence-electron chi connectivity index (χ4n) is 1.78. The highest BCUT2D eigenvalue weighted by Gasteiger charge is 2.06. The molecule has 0 aliphatic heterocycles. The average molecular weight is 244 g/mol. The van der Waals surface area contributed by atoms with Crippen LogP contribution in [0.4, 0.5) is 5.69 Å². The molecule has 1 aromatic carbocycles. The Hall–Kier alpha value is -2.30. The van der Waals surface area contributed by atoms with Gasteiger partial charge in [-0.2, -0.15) is 0 Å². The van der Waals surface area contributed by atoms with Crippen molar-refractivity contribution < 1.29 is 4.79 Å². The molecule has 0 fully saturated rings. The number of anilines is 1. The van der Waals surface area contributed by atoms with Crippen LogP contribution in [-0.2, 0) is 6.42 Å². The second-order valence-corrected chi connectivity index (χ2v) is 4.17. The van der Waals surface area contributed by atoms with Gasteiger partial charge in [0.1, 0.15) is 5.82 Å². The van der Waals surface area contributed by atoms with E-state index in [1.54, 1.807) is 18.5 Å². The molecule has 0 atom stereocenters. The van der Waals surface area contributed by atoms with Gasteiger partial charge in [-0.3, -0.25) is 4.79 Å². The van der Waals surface area contributed by atoms with Crippen LogP contribution in [0.25, 0.3) is 0 Å². The first kappa shape index (κ1) is 12.2. The summed E-state index contributed by atoms with van der Waals surface area (Å²) >= 11 is 0. The van der Waals surface area contributed by atoms with Crippen LogP contribution in [-0.4, -0.2) is 22.4 Å². The minimum absolute atomic E-state index is 0.114. The van der Waals surface area contributed by atoms with Crippen molar-refractivity contribution in [3.63, 3.8) is 0 Å². The molecule has 1 aromatic heterocycles. The zero-order chi connectivity index (χ0) is 13.0. The number of rotatable bonds is 4. The number of amides is 1. The molecule has 0 bridgehead atoms. The van der Waals surface area contributed by atoms with Crippen molar-refractivity contribution in [2.75, 3.05) is 12.3 Å². The molecule has 94 valence electrons. The van der Waals surface area contributed by atoms with E-state index in [9.17, 15) is 4.79 Å². The predicted octanol–water partition coefficient (Wildman–Crippen LogP) is 1.27. The number of aromatic amines is 1. The lowest BCUT2D eigenvalue weighted by molar-refractivity contribution is 0.0954. The van der Waals surface area contributed by atoms with Crippen molar-refractivity contribution in [3.05, 3.63) is 47.5 Å². The smallest absolute Gasteiger partial charge is 0.251 e. The predicted molar refractivity (Wildman–Crippen MR) is 70.2 cm³/mol. The van der Waals surface area contributed by atoms with E-state index in [0.717, 1.165) is 11.4 Å². The highest BCUT2D eigenvalue weighted by atomic mass is 16.1. The Morgan fingerprint density at radius 3 is 2.94 bits per heavy atom. The van der Waals surface area contributed by atoms with Crippen molar-refractivity contribution in [1.29, 1.82) is 0 Å². The van der Waals surface area contributed by atoms with Crippen LogP contribution in [0.15, 0.2) is 30.6 Å². The van der Waals surface area contributed by atoms with E-state index in [1.165, 1.54) is 0 Å². The summed E-state index contributed by atoms with van der Waals surface area (Å²) in [5.74, 6) is 0.746. The second kappa shape index (κ2) is 5.35. The number of nitrogens with two attached hydrogens (primary N) is 1. The van der Waals surface area contributed by atoms with E-state index in [1.807, 2.05) is 19.1 Å². The van der Waals surface area contributed by atoms with E-state index in [-0.39, 0.29) is 5.91 Å². The highest BCUT2D eigenvalue weighted by molar-refractivity contribution is 5.95. The van der Waals surface area contributed by atoms with Gasteiger partial charge in [-0.15, -0.1) is 0 Å². The summed E-state index contributed by atoms with van der Waals surface area (Å²) in [4.78, 5) is 19.0. The number of aromatic nitrogens is 2. The molecule has 0 unspecified atom stereocenters. The Morgan fingerprint density at radius 2 is 2.28 bits per heavy atom. The summed E-state index contributed by atoms with van der Waals surface area (Å²) in [5.41, 5.74) is 7.88. The van der Waals surface area contributed by atoms with Gasteiger partial charge >= 0.3 is 0 Å². The third-order valence-corrected chi connectivity index (χ3v) is 2.56. The number of H-pyrrole nitrogens is 1. The lowest BCUT2D eigenvalue weighted by atomic mass is 10.1. The van der Waals surface area contributed by atoms with E-state index < -0.39 is 0 Å². The van der Waals surface area contributed by atoms with Gasteiger partial charge in [0.2, 0.25) is 0 Å². The monoisotopic (exact) mass is 244 g/mol. The van der Waals surface area contributed by atoms with Gasteiger partial charge < -0.3 is 16.0 Å². The Bertz CT molecular complexity index is 514. The minimum Gasteiger partial charge on any atom is -0.399 e. The van der Waals surface area contributed by atoms with Crippen LogP contribution in [0.1, 0.15) is 21.7 Å². The maximum Gasteiger partial charge on any atom is 0.251 e. The lowest BCUT2D eigenvalue weighted by Crippen LogP contribution is -2.26. The molecule has 1 heterocycles. The molecule has 2 rings (SSSR count). The lowest BCUT2D eigenvalue weighted by Gasteiger charge is -2.06. The molecular weight excluding hydrogens is 228 g/mol. The van der Waals surface area contributed by atoms with Gasteiger partial charge in [-0.1, -0.05) is 0 Å². The van der Waals surface area contributed by atoms with Gasteiger partial charge in [0.25, 0.3) is 5.91 Å². The summed E-state index contributed by atoms with van der Waals surface area (Å²) in [5, 5.41) is 2.84. The molecule has 1 amide bonds. The van der Waals surface area contributed by atoms with Crippen LogP contribution in [0, 0.1) is 6.92 Å². The highest BCUT2D eigenvalue weighted by Crippen LogP contribution is 2.10. The Balaban J connectivity index is 1.91. The number of nitrogens with zero attached hydrogens (tertiary/aromatic N) is 1. The molecule has 0 spiro atoms. The molecule has 18 heavy (non-hydrogen) atoms. The molecule has 0 aliphatic rings. The van der Waals surface area contributed by atoms with Crippen LogP contribution in [0.3, 0.4) is 0 Å². The molecule has 4 N–H and O–H groups in total. The maximum absolute atomic E-state index is 11.9.